The van der Waals surface area contributed by atoms with Crippen molar-refractivity contribution in [2.75, 3.05) is 37.7 Å². The highest BCUT2D eigenvalue weighted by molar-refractivity contribution is 5.95. The van der Waals surface area contributed by atoms with Crippen LogP contribution >= 0.6 is 0 Å². The van der Waals surface area contributed by atoms with Crippen LogP contribution < -0.4 is 16.4 Å². The van der Waals surface area contributed by atoms with Crippen LogP contribution in [-0.4, -0.2) is 43.4 Å². The normalized spacial score (nSPS) is 10.3. The van der Waals surface area contributed by atoms with Gasteiger partial charge in [0.05, 0.1) is 24.5 Å². The average molecular weight is 264 g/mol. The van der Waals surface area contributed by atoms with Crippen molar-refractivity contribution in [3.05, 3.63) is 24.3 Å². The summed E-state index contributed by atoms with van der Waals surface area (Å²) in [7, 11) is 1.71. The maximum Gasteiger partial charge on any atom is 0.238 e. The summed E-state index contributed by atoms with van der Waals surface area (Å²) in [5, 5.41) is 5.39. The molecule has 0 saturated heterocycles. The number of carbonyl (C=O) groups excluding carboxylic acids is 2. The second-order valence-electron chi connectivity index (χ2n) is 4.26. The van der Waals surface area contributed by atoms with Gasteiger partial charge >= 0.3 is 0 Å². The van der Waals surface area contributed by atoms with E-state index >= 15 is 0 Å². The molecule has 104 valence electrons. The Morgan fingerprint density at radius 1 is 1.21 bits per heavy atom. The van der Waals surface area contributed by atoms with Crippen LogP contribution in [0.2, 0.25) is 0 Å². The third-order valence-corrected chi connectivity index (χ3v) is 2.44. The molecule has 0 bridgehead atoms. The number of hydrogen-bond acceptors (Lipinski definition) is 4. The number of para-hydroxylation sites is 2. The number of nitrogens with one attached hydrogen (secondary N) is 2. The molecule has 0 fully saturated rings. The van der Waals surface area contributed by atoms with Crippen LogP contribution in [0.15, 0.2) is 24.3 Å². The van der Waals surface area contributed by atoms with Gasteiger partial charge in [0.15, 0.2) is 0 Å². The summed E-state index contributed by atoms with van der Waals surface area (Å²) in [4.78, 5) is 24.8. The zero-order valence-electron chi connectivity index (χ0n) is 11.3. The Labute approximate surface area is 113 Å². The Balaban J connectivity index is 2.43. The predicted molar refractivity (Wildman–Crippen MR) is 75.7 cm³/mol. The number of nitrogens with two attached hydrogens (primary N) is 1. The summed E-state index contributed by atoms with van der Waals surface area (Å²) in [6.45, 7) is 2.75. The van der Waals surface area contributed by atoms with Gasteiger partial charge in [0.2, 0.25) is 11.8 Å². The molecule has 0 heterocycles. The van der Waals surface area contributed by atoms with Crippen molar-refractivity contribution in [3.63, 3.8) is 0 Å². The van der Waals surface area contributed by atoms with E-state index < -0.39 is 0 Å². The SMILES string of the molecule is CCNC(=O)CN(C)CC(=O)Nc1ccccc1N. The van der Waals surface area contributed by atoms with Crippen molar-refractivity contribution in [2.24, 2.45) is 0 Å². The van der Waals surface area contributed by atoms with Gasteiger partial charge in [-0.1, -0.05) is 12.1 Å². The Morgan fingerprint density at radius 2 is 1.84 bits per heavy atom. The molecule has 0 aromatic heterocycles. The third kappa shape index (κ3) is 5.39. The smallest absolute Gasteiger partial charge is 0.238 e. The lowest BCUT2D eigenvalue weighted by Crippen LogP contribution is -2.38. The molecule has 4 N–H and O–H groups in total. The van der Waals surface area contributed by atoms with Crippen molar-refractivity contribution in [1.29, 1.82) is 0 Å². The van der Waals surface area contributed by atoms with Crippen molar-refractivity contribution in [2.45, 2.75) is 6.92 Å². The molecule has 0 atom stereocenters. The first-order valence-corrected chi connectivity index (χ1v) is 6.12. The maximum atomic E-state index is 11.8. The number of hydrogen-bond donors (Lipinski definition) is 3. The lowest BCUT2D eigenvalue weighted by Gasteiger charge is -2.16. The van der Waals surface area contributed by atoms with Gasteiger partial charge in [0.25, 0.3) is 0 Å². The van der Waals surface area contributed by atoms with E-state index in [1.165, 1.54) is 0 Å². The summed E-state index contributed by atoms with van der Waals surface area (Å²) in [6, 6.07) is 7.04. The first-order valence-electron chi connectivity index (χ1n) is 6.12. The standard InChI is InChI=1S/C13H20N4O2/c1-3-15-12(18)8-17(2)9-13(19)16-11-7-5-4-6-10(11)14/h4-7H,3,8-9,14H2,1-2H3,(H,15,18)(H,16,19). The van der Waals surface area contributed by atoms with Gasteiger partial charge in [0, 0.05) is 6.54 Å². The van der Waals surface area contributed by atoms with E-state index in [-0.39, 0.29) is 24.9 Å². The van der Waals surface area contributed by atoms with Crippen LogP contribution in [-0.2, 0) is 9.59 Å². The average Bonchev–Trinajstić information content (AvgIpc) is 2.31. The molecular formula is C13H20N4O2. The van der Waals surface area contributed by atoms with Crippen molar-refractivity contribution < 1.29 is 9.59 Å². The zero-order valence-corrected chi connectivity index (χ0v) is 11.3. The molecule has 0 aliphatic carbocycles. The van der Waals surface area contributed by atoms with Gasteiger partial charge in [-0.2, -0.15) is 0 Å². The fourth-order valence-corrected chi connectivity index (χ4v) is 1.60. The van der Waals surface area contributed by atoms with E-state index in [0.717, 1.165) is 0 Å². The minimum atomic E-state index is -0.204. The summed E-state index contributed by atoms with van der Waals surface area (Å²) in [5.41, 5.74) is 6.83. The number of benzene rings is 1. The lowest BCUT2D eigenvalue weighted by molar-refractivity contribution is -0.122. The summed E-state index contributed by atoms with van der Waals surface area (Å²) in [6.07, 6.45) is 0. The van der Waals surface area contributed by atoms with Crippen molar-refractivity contribution in [1.82, 2.24) is 10.2 Å². The van der Waals surface area contributed by atoms with E-state index in [9.17, 15) is 9.59 Å². The number of amides is 2. The lowest BCUT2D eigenvalue weighted by atomic mass is 10.2. The monoisotopic (exact) mass is 264 g/mol. The van der Waals surface area contributed by atoms with E-state index in [1.54, 1.807) is 36.2 Å². The fourth-order valence-electron chi connectivity index (χ4n) is 1.60. The molecule has 0 unspecified atom stereocenters. The number of anilines is 2. The molecule has 0 radical (unpaired) electrons. The number of likely N-dealkylation sites (N-methyl/N-ethyl adjacent to an activating group) is 2. The van der Waals surface area contributed by atoms with E-state index in [0.29, 0.717) is 17.9 Å². The molecule has 1 aromatic carbocycles. The van der Waals surface area contributed by atoms with Crippen molar-refractivity contribution in [3.8, 4) is 0 Å². The fraction of sp³-hybridized carbons (Fsp3) is 0.385. The van der Waals surface area contributed by atoms with Crippen LogP contribution in [0.5, 0.6) is 0 Å². The quantitative estimate of drug-likeness (QED) is 0.644. The second kappa shape index (κ2) is 7.38. The highest BCUT2D eigenvalue weighted by atomic mass is 16.2. The van der Waals surface area contributed by atoms with Crippen LogP contribution in [0.1, 0.15) is 6.92 Å². The van der Waals surface area contributed by atoms with Crippen molar-refractivity contribution >= 4 is 23.2 Å². The van der Waals surface area contributed by atoms with E-state index in [2.05, 4.69) is 10.6 Å². The molecule has 1 aromatic rings. The number of carbonyl (C=O) groups is 2. The van der Waals surface area contributed by atoms with Gasteiger partial charge in [-0.15, -0.1) is 0 Å². The van der Waals surface area contributed by atoms with Gasteiger partial charge in [0.1, 0.15) is 0 Å². The van der Waals surface area contributed by atoms with Gasteiger partial charge in [-0.25, -0.2) is 0 Å². The van der Waals surface area contributed by atoms with Crippen LogP contribution in [0.25, 0.3) is 0 Å². The Morgan fingerprint density at radius 3 is 2.47 bits per heavy atom. The second-order valence-corrected chi connectivity index (χ2v) is 4.26. The molecular weight excluding hydrogens is 244 g/mol. The summed E-state index contributed by atoms with van der Waals surface area (Å²) >= 11 is 0. The summed E-state index contributed by atoms with van der Waals surface area (Å²) < 4.78 is 0. The molecule has 0 spiro atoms. The minimum absolute atomic E-state index is 0.1000. The van der Waals surface area contributed by atoms with E-state index in [1.807, 2.05) is 6.92 Å². The van der Waals surface area contributed by atoms with Crippen LogP contribution in [0, 0.1) is 0 Å². The minimum Gasteiger partial charge on any atom is -0.397 e. The predicted octanol–water partition coefficient (Wildman–Crippen LogP) is 0.275. The molecule has 6 heteroatoms. The molecule has 2 amide bonds. The first-order chi connectivity index (χ1) is 9.02. The Bertz CT molecular complexity index is 448. The third-order valence-electron chi connectivity index (χ3n) is 2.44. The highest BCUT2D eigenvalue weighted by Gasteiger charge is 2.11. The molecule has 0 aliphatic heterocycles. The molecule has 0 aliphatic rings. The topological polar surface area (TPSA) is 87.5 Å². The van der Waals surface area contributed by atoms with E-state index in [4.69, 9.17) is 5.73 Å². The molecule has 19 heavy (non-hydrogen) atoms. The number of nitrogens with zero attached hydrogens (tertiary/aromatic N) is 1. The Kier molecular flexibility index (Phi) is 5.81. The molecule has 1 rings (SSSR count). The Hall–Kier alpha value is -2.08. The maximum absolute atomic E-state index is 11.8. The van der Waals surface area contributed by atoms with Gasteiger partial charge in [-0.05, 0) is 26.1 Å². The highest BCUT2D eigenvalue weighted by Crippen LogP contribution is 2.16. The zero-order chi connectivity index (χ0) is 14.3. The molecule has 6 nitrogen and oxygen atoms in total. The van der Waals surface area contributed by atoms with Crippen LogP contribution in [0.3, 0.4) is 0 Å². The summed E-state index contributed by atoms with van der Waals surface area (Å²) in [5.74, 6) is -0.304. The van der Waals surface area contributed by atoms with Gasteiger partial charge < -0.3 is 16.4 Å². The van der Waals surface area contributed by atoms with Crippen LogP contribution in [0.4, 0.5) is 11.4 Å². The largest absolute Gasteiger partial charge is 0.397 e. The number of rotatable bonds is 6. The first kappa shape index (κ1) is 15.0. The molecule has 0 saturated carbocycles. The van der Waals surface area contributed by atoms with Gasteiger partial charge in [-0.3, -0.25) is 14.5 Å². The number of nitrogen functional groups attached to an aromatic ring is 1.